The van der Waals surface area contributed by atoms with Crippen LogP contribution in [0.1, 0.15) is 18.1 Å². The van der Waals surface area contributed by atoms with Crippen LogP contribution in [-0.2, 0) is 11.2 Å². The zero-order valence-electron chi connectivity index (χ0n) is 11.3. The molecule has 2 N–H and O–H groups in total. The van der Waals surface area contributed by atoms with Crippen LogP contribution in [0.4, 0.5) is 0 Å². The van der Waals surface area contributed by atoms with Gasteiger partial charge in [0.2, 0.25) is 5.91 Å². The standard InChI is InChI=1S/C16H19NO2/c1-11-3-5-15-10-13(4-6-14(15)9-11)7-8-17-16(19)12(2)18/h3-6,9-10,12,18H,7-8H2,1-2H3,(H,17,19). The molecule has 3 heteroatoms. The Morgan fingerprint density at radius 1 is 1.21 bits per heavy atom. The average molecular weight is 257 g/mol. The highest BCUT2D eigenvalue weighted by Crippen LogP contribution is 2.17. The first kappa shape index (κ1) is 13.6. The van der Waals surface area contributed by atoms with Gasteiger partial charge in [-0.1, -0.05) is 42.0 Å². The first-order valence-corrected chi connectivity index (χ1v) is 6.51. The predicted octanol–water partition coefficient (Wildman–Crippen LogP) is 2.19. The number of aliphatic hydroxyl groups excluding tert-OH is 1. The van der Waals surface area contributed by atoms with E-state index in [0.717, 1.165) is 6.42 Å². The van der Waals surface area contributed by atoms with Gasteiger partial charge in [-0.2, -0.15) is 0 Å². The topological polar surface area (TPSA) is 49.3 Å². The van der Waals surface area contributed by atoms with Gasteiger partial charge in [0.25, 0.3) is 0 Å². The Labute approximate surface area is 113 Å². The van der Waals surface area contributed by atoms with Crippen molar-refractivity contribution in [2.45, 2.75) is 26.4 Å². The molecule has 1 atom stereocenters. The Bertz CT molecular complexity index is 590. The maximum atomic E-state index is 11.2. The number of aryl methyl sites for hydroxylation is 1. The normalized spacial score (nSPS) is 12.4. The molecular weight excluding hydrogens is 238 g/mol. The molecule has 0 heterocycles. The number of hydrogen-bond acceptors (Lipinski definition) is 2. The van der Waals surface area contributed by atoms with Crippen LogP contribution in [0, 0.1) is 6.92 Å². The number of benzene rings is 2. The Balaban J connectivity index is 2.02. The van der Waals surface area contributed by atoms with Crippen molar-refractivity contribution in [3.05, 3.63) is 47.5 Å². The van der Waals surface area contributed by atoms with Crippen LogP contribution in [0.3, 0.4) is 0 Å². The third-order valence-corrected chi connectivity index (χ3v) is 3.15. The van der Waals surface area contributed by atoms with Gasteiger partial charge in [-0.05, 0) is 36.6 Å². The van der Waals surface area contributed by atoms with Gasteiger partial charge in [-0.15, -0.1) is 0 Å². The first-order chi connectivity index (χ1) is 9.06. The number of carbonyl (C=O) groups excluding carboxylic acids is 1. The van der Waals surface area contributed by atoms with Gasteiger partial charge in [-0.3, -0.25) is 4.79 Å². The second kappa shape index (κ2) is 5.85. The third kappa shape index (κ3) is 3.55. The number of nitrogens with one attached hydrogen (secondary N) is 1. The van der Waals surface area contributed by atoms with E-state index in [1.807, 2.05) is 0 Å². The van der Waals surface area contributed by atoms with E-state index >= 15 is 0 Å². The van der Waals surface area contributed by atoms with Crippen molar-refractivity contribution in [1.29, 1.82) is 0 Å². The molecule has 2 rings (SSSR count). The summed E-state index contributed by atoms with van der Waals surface area (Å²) in [6, 6.07) is 12.7. The summed E-state index contributed by atoms with van der Waals surface area (Å²) < 4.78 is 0. The highest BCUT2D eigenvalue weighted by molar-refractivity contribution is 5.84. The highest BCUT2D eigenvalue weighted by atomic mass is 16.3. The summed E-state index contributed by atoms with van der Waals surface area (Å²) in [5.41, 5.74) is 2.44. The summed E-state index contributed by atoms with van der Waals surface area (Å²) in [5.74, 6) is -0.323. The molecule has 0 aliphatic carbocycles. The van der Waals surface area contributed by atoms with Crippen LogP contribution in [0.2, 0.25) is 0 Å². The number of hydrogen-bond donors (Lipinski definition) is 2. The Morgan fingerprint density at radius 3 is 2.63 bits per heavy atom. The number of carbonyl (C=O) groups is 1. The van der Waals surface area contributed by atoms with Gasteiger partial charge in [0.15, 0.2) is 0 Å². The molecule has 2 aromatic carbocycles. The number of rotatable bonds is 4. The van der Waals surface area contributed by atoms with E-state index in [9.17, 15) is 4.79 Å². The zero-order chi connectivity index (χ0) is 13.8. The molecule has 19 heavy (non-hydrogen) atoms. The van der Waals surface area contributed by atoms with Gasteiger partial charge in [0.05, 0.1) is 0 Å². The molecule has 2 aromatic rings. The molecule has 0 spiro atoms. The van der Waals surface area contributed by atoms with Crippen molar-refractivity contribution >= 4 is 16.7 Å². The van der Waals surface area contributed by atoms with Crippen LogP contribution >= 0.6 is 0 Å². The van der Waals surface area contributed by atoms with E-state index in [0.29, 0.717) is 6.54 Å². The van der Waals surface area contributed by atoms with Crippen LogP contribution in [-0.4, -0.2) is 23.7 Å². The van der Waals surface area contributed by atoms with E-state index in [-0.39, 0.29) is 5.91 Å². The largest absolute Gasteiger partial charge is 0.384 e. The van der Waals surface area contributed by atoms with Gasteiger partial charge < -0.3 is 10.4 Å². The van der Waals surface area contributed by atoms with Crippen molar-refractivity contribution in [2.24, 2.45) is 0 Å². The molecular formula is C16H19NO2. The number of aliphatic hydroxyl groups is 1. The lowest BCUT2D eigenvalue weighted by Gasteiger charge is -2.08. The monoisotopic (exact) mass is 257 g/mol. The van der Waals surface area contributed by atoms with Gasteiger partial charge >= 0.3 is 0 Å². The predicted molar refractivity (Wildman–Crippen MR) is 77.1 cm³/mol. The molecule has 0 fully saturated rings. The summed E-state index contributed by atoms with van der Waals surface area (Å²) in [6.07, 6.45) is -0.179. The molecule has 0 aliphatic heterocycles. The second-order valence-electron chi connectivity index (χ2n) is 4.90. The Kier molecular flexibility index (Phi) is 4.17. The summed E-state index contributed by atoms with van der Waals surface area (Å²) in [5, 5.41) is 14.2. The lowest BCUT2D eigenvalue weighted by atomic mass is 10.0. The molecule has 3 nitrogen and oxygen atoms in total. The molecule has 0 saturated heterocycles. The van der Waals surface area contributed by atoms with E-state index < -0.39 is 6.10 Å². The molecule has 0 aromatic heterocycles. The minimum absolute atomic E-state index is 0.323. The second-order valence-corrected chi connectivity index (χ2v) is 4.90. The molecule has 0 bridgehead atoms. The molecule has 0 radical (unpaired) electrons. The fraction of sp³-hybridized carbons (Fsp3) is 0.312. The van der Waals surface area contributed by atoms with Crippen LogP contribution in [0.5, 0.6) is 0 Å². The van der Waals surface area contributed by atoms with E-state index in [1.54, 1.807) is 0 Å². The minimum Gasteiger partial charge on any atom is -0.384 e. The Morgan fingerprint density at radius 2 is 1.89 bits per heavy atom. The van der Waals surface area contributed by atoms with Crippen molar-refractivity contribution in [1.82, 2.24) is 5.32 Å². The maximum absolute atomic E-state index is 11.2. The summed E-state index contributed by atoms with van der Waals surface area (Å²) >= 11 is 0. The maximum Gasteiger partial charge on any atom is 0.248 e. The molecule has 0 saturated carbocycles. The minimum atomic E-state index is -0.945. The lowest BCUT2D eigenvalue weighted by molar-refractivity contribution is -0.128. The van der Waals surface area contributed by atoms with E-state index in [2.05, 4.69) is 48.6 Å². The quantitative estimate of drug-likeness (QED) is 0.882. The molecule has 1 unspecified atom stereocenters. The van der Waals surface area contributed by atoms with Gasteiger partial charge in [0.1, 0.15) is 6.10 Å². The van der Waals surface area contributed by atoms with Crippen molar-refractivity contribution in [3.63, 3.8) is 0 Å². The number of amides is 1. The summed E-state index contributed by atoms with van der Waals surface area (Å²) in [6.45, 7) is 4.09. The first-order valence-electron chi connectivity index (χ1n) is 6.51. The average Bonchev–Trinajstić information content (AvgIpc) is 2.38. The zero-order valence-corrected chi connectivity index (χ0v) is 11.3. The SMILES string of the molecule is Cc1ccc2cc(CCNC(=O)C(C)O)ccc2c1. The fourth-order valence-electron chi connectivity index (χ4n) is 2.05. The van der Waals surface area contributed by atoms with Crippen LogP contribution in [0.15, 0.2) is 36.4 Å². The summed E-state index contributed by atoms with van der Waals surface area (Å²) in [7, 11) is 0. The molecule has 0 aliphatic rings. The van der Waals surface area contributed by atoms with Crippen LogP contribution in [0.25, 0.3) is 10.8 Å². The van der Waals surface area contributed by atoms with E-state index in [1.165, 1.54) is 28.8 Å². The van der Waals surface area contributed by atoms with Crippen molar-refractivity contribution in [2.75, 3.05) is 6.54 Å². The molecule has 100 valence electrons. The molecule has 1 amide bonds. The van der Waals surface area contributed by atoms with Crippen LogP contribution < -0.4 is 5.32 Å². The fourth-order valence-corrected chi connectivity index (χ4v) is 2.05. The lowest BCUT2D eigenvalue weighted by Crippen LogP contribution is -2.33. The van der Waals surface area contributed by atoms with Gasteiger partial charge in [-0.25, -0.2) is 0 Å². The summed E-state index contributed by atoms with van der Waals surface area (Å²) in [4.78, 5) is 11.2. The smallest absolute Gasteiger partial charge is 0.248 e. The highest BCUT2D eigenvalue weighted by Gasteiger charge is 2.07. The van der Waals surface area contributed by atoms with Crippen molar-refractivity contribution in [3.8, 4) is 0 Å². The van der Waals surface area contributed by atoms with Gasteiger partial charge in [0, 0.05) is 6.54 Å². The third-order valence-electron chi connectivity index (χ3n) is 3.15. The van der Waals surface area contributed by atoms with E-state index in [4.69, 9.17) is 5.11 Å². The van der Waals surface area contributed by atoms with Crippen molar-refractivity contribution < 1.29 is 9.90 Å². The Hall–Kier alpha value is -1.87. The number of fused-ring (bicyclic) bond motifs is 1.